The molecular formula is C18H22O4. The molecule has 0 radical (unpaired) electrons. The molecule has 1 aliphatic carbocycles. The molecule has 1 fully saturated rings. The highest BCUT2D eigenvalue weighted by atomic mass is 16.5. The molecule has 1 aromatic rings. The van der Waals surface area contributed by atoms with Gasteiger partial charge in [-0.05, 0) is 18.4 Å². The smallest absolute Gasteiger partial charge is 0.310 e. The Morgan fingerprint density at radius 2 is 1.64 bits per heavy atom. The van der Waals surface area contributed by atoms with Crippen LogP contribution in [0.15, 0.2) is 43.0 Å². The highest BCUT2D eigenvalue weighted by Gasteiger charge is 2.37. The average molecular weight is 302 g/mol. The van der Waals surface area contributed by atoms with Crippen LogP contribution in [0.1, 0.15) is 31.2 Å². The van der Waals surface area contributed by atoms with Crippen molar-refractivity contribution < 1.29 is 19.1 Å². The van der Waals surface area contributed by atoms with Gasteiger partial charge in [0.05, 0.1) is 11.8 Å². The van der Waals surface area contributed by atoms with E-state index in [1.807, 2.05) is 30.3 Å². The van der Waals surface area contributed by atoms with Gasteiger partial charge in [-0.25, -0.2) is 0 Å². The fourth-order valence-corrected chi connectivity index (χ4v) is 2.78. The van der Waals surface area contributed by atoms with E-state index in [0.717, 1.165) is 18.4 Å². The Bertz CT molecular complexity index is 509. The molecule has 0 bridgehead atoms. The van der Waals surface area contributed by atoms with Crippen molar-refractivity contribution in [2.24, 2.45) is 11.8 Å². The van der Waals surface area contributed by atoms with Crippen molar-refractivity contribution in [3.63, 3.8) is 0 Å². The molecule has 2 rings (SSSR count). The Balaban J connectivity index is 1.93. The van der Waals surface area contributed by atoms with Crippen LogP contribution in [0.3, 0.4) is 0 Å². The SMILES string of the molecule is C=CCOC(=O)C1CCCCC1C(=O)OCc1ccccc1. The van der Waals surface area contributed by atoms with E-state index in [2.05, 4.69) is 6.58 Å². The number of hydrogen-bond donors (Lipinski definition) is 0. The number of carbonyl (C=O) groups excluding carboxylic acids is 2. The lowest BCUT2D eigenvalue weighted by Gasteiger charge is -2.28. The molecule has 0 heterocycles. The summed E-state index contributed by atoms with van der Waals surface area (Å²) >= 11 is 0. The Labute approximate surface area is 131 Å². The predicted octanol–water partition coefficient (Wildman–Crippen LogP) is 3.27. The first kappa shape index (κ1) is 16.3. The highest BCUT2D eigenvalue weighted by molar-refractivity contribution is 5.82. The van der Waals surface area contributed by atoms with Crippen LogP contribution in [0.25, 0.3) is 0 Å². The van der Waals surface area contributed by atoms with Crippen molar-refractivity contribution in [2.45, 2.75) is 32.3 Å². The summed E-state index contributed by atoms with van der Waals surface area (Å²) in [5.74, 6) is -1.41. The van der Waals surface area contributed by atoms with Crippen LogP contribution in [0.4, 0.5) is 0 Å². The average Bonchev–Trinajstić information content (AvgIpc) is 2.58. The van der Waals surface area contributed by atoms with Gasteiger partial charge in [-0.15, -0.1) is 0 Å². The molecule has 1 aliphatic rings. The topological polar surface area (TPSA) is 52.6 Å². The summed E-state index contributed by atoms with van der Waals surface area (Å²) in [4.78, 5) is 24.4. The molecule has 0 N–H and O–H groups in total. The van der Waals surface area contributed by atoms with E-state index in [1.165, 1.54) is 6.08 Å². The standard InChI is InChI=1S/C18H22O4/c1-2-12-21-17(19)15-10-6-7-11-16(15)18(20)22-13-14-8-4-3-5-9-14/h2-5,8-9,15-16H,1,6-7,10-13H2. The van der Waals surface area contributed by atoms with Gasteiger partial charge < -0.3 is 9.47 Å². The molecule has 1 saturated carbocycles. The summed E-state index contributed by atoms with van der Waals surface area (Å²) in [5, 5.41) is 0. The second-order valence-electron chi connectivity index (χ2n) is 5.51. The molecule has 0 aliphatic heterocycles. The number of ether oxygens (including phenoxy) is 2. The molecular weight excluding hydrogens is 280 g/mol. The van der Waals surface area contributed by atoms with Crippen LogP contribution >= 0.6 is 0 Å². The fraction of sp³-hybridized carbons (Fsp3) is 0.444. The maximum absolute atomic E-state index is 12.3. The lowest BCUT2D eigenvalue weighted by molar-refractivity contribution is -0.163. The lowest BCUT2D eigenvalue weighted by atomic mass is 9.79. The first-order valence-electron chi connectivity index (χ1n) is 7.70. The molecule has 0 amide bonds. The van der Waals surface area contributed by atoms with Crippen molar-refractivity contribution in [3.8, 4) is 0 Å². The van der Waals surface area contributed by atoms with Crippen molar-refractivity contribution in [2.75, 3.05) is 6.61 Å². The van der Waals surface area contributed by atoms with Crippen molar-refractivity contribution in [3.05, 3.63) is 48.6 Å². The predicted molar refractivity (Wildman–Crippen MR) is 82.8 cm³/mol. The molecule has 0 spiro atoms. The van der Waals surface area contributed by atoms with Crippen molar-refractivity contribution in [1.29, 1.82) is 0 Å². The van der Waals surface area contributed by atoms with Gasteiger partial charge in [0.25, 0.3) is 0 Å². The van der Waals surface area contributed by atoms with Gasteiger partial charge in [-0.1, -0.05) is 55.8 Å². The molecule has 118 valence electrons. The quantitative estimate of drug-likeness (QED) is 0.598. The third kappa shape index (κ3) is 4.45. The lowest BCUT2D eigenvalue weighted by Crippen LogP contribution is -2.35. The van der Waals surface area contributed by atoms with Crippen LogP contribution in [-0.2, 0) is 25.7 Å². The monoisotopic (exact) mass is 302 g/mol. The number of carbonyl (C=O) groups is 2. The Hall–Kier alpha value is -2.10. The second-order valence-corrected chi connectivity index (χ2v) is 5.51. The van der Waals surface area contributed by atoms with Gasteiger partial charge in [-0.3, -0.25) is 9.59 Å². The van der Waals surface area contributed by atoms with Gasteiger partial charge in [0.1, 0.15) is 13.2 Å². The zero-order valence-corrected chi connectivity index (χ0v) is 12.7. The summed E-state index contributed by atoms with van der Waals surface area (Å²) in [6.07, 6.45) is 4.78. The number of hydrogen-bond acceptors (Lipinski definition) is 4. The van der Waals surface area contributed by atoms with E-state index in [0.29, 0.717) is 12.8 Å². The highest BCUT2D eigenvalue weighted by Crippen LogP contribution is 2.32. The van der Waals surface area contributed by atoms with Crippen LogP contribution < -0.4 is 0 Å². The zero-order chi connectivity index (χ0) is 15.8. The minimum absolute atomic E-state index is 0.182. The minimum Gasteiger partial charge on any atom is -0.461 e. The molecule has 4 heteroatoms. The Morgan fingerprint density at radius 3 is 2.23 bits per heavy atom. The molecule has 4 nitrogen and oxygen atoms in total. The van der Waals surface area contributed by atoms with Crippen LogP contribution in [0, 0.1) is 11.8 Å². The zero-order valence-electron chi connectivity index (χ0n) is 12.7. The summed E-state index contributed by atoms with van der Waals surface area (Å²) < 4.78 is 10.5. The van der Waals surface area contributed by atoms with Gasteiger partial charge in [-0.2, -0.15) is 0 Å². The van der Waals surface area contributed by atoms with Gasteiger partial charge in [0.2, 0.25) is 0 Å². The van der Waals surface area contributed by atoms with E-state index >= 15 is 0 Å². The first-order valence-corrected chi connectivity index (χ1v) is 7.70. The summed E-state index contributed by atoms with van der Waals surface area (Å²) in [7, 11) is 0. The maximum atomic E-state index is 12.3. The van der Waals surface area contributed by atoms with E-state index in [4.69, 9.17) is 9.47 Å². The van der Waals surface area contributed by atoms with Crippen molar-refractivity contribution >= 4 is 11.9 Å². The number of rotatable bonds is 6. The minimum atomic E-state index is -0.394. The molecule has 0 saturated heterocycles. The Kier molecular flexibility index (Phi) is 6.19. The third-order valence-electron chi connectivity index (χ3n) is 3.94. The van der Waals surface area contributed by atoms with E-state index < -0.39 is 11.8 Å². The largest absolute Gasteiger partial charge is 0.461 e. The van der Waals surface area contributed by atoms with Crippen molar-refractivity contribution in [1.82, 2.24) is 0 Å². The number of esters is 2. The number of benzene rings is 1. The third-order valence-corrected chi connectivity index (χ3v) is 3.94. The van der Waals surface area contributed by atoms with Crippen LogP contribution in [0.5, 0.6) is 0 Å². The molecule has 2 unspecified atom stereocenters. The maximum Gasteiger partial charge on any atom is 0.310 e. The summed E-state index contributed by atoms with van der Waals surface area (Å²) in [6, 6.07) is 9.53. The summed E-state index contributed by atoms with van der Waals surface area (Å²) in [6.45, 7) is 3.95. The summed E-state index contributed by atoms with van der Waals surface area (Å²) in [5.41, 5.74) is 0.942. The molecule has 0 aromatic heterocycles. The molecule has 2 atom stereocenters. The fourth-order valence-electron chi connectivity index (χ4n) is 2.78. The molecule has 22 heavy (non-hydrogen) atoms. The second kappa shape index (κ2) is 8.37. The normalized spacial score (nSPS) is 20.9. The van der Waals surface area contributed by atoms with Crippen LogP contribution in [-0.4, -0.2) is 18.5 Å². The van der Waals surface area contributed by atoms with Gasteiger partial charge >= 0.3 is 11.9 Å². The van der Waals surface area contributed by atoms with E-state index in [-0.39, 0.29) is 25.2 Å². The molecule has 1 aromatic carbocycles. The Morgan fingerprint density at radius 1 is 1.05 bits per heavy atom. The first-order chi connectivity index (χ1) is 10.7. The van der Waals surface area contributed by atoms with E-state index in [1.54, 1.807) is 0 Å². The van der Waals surface area contributed by atoms with Gasteiger partial charge in [0, 0.05) is 0 Å². The van der Waals surface area contributed by atoms with E-state index in [9.17, 15) is 9.59 Å². The van der Waals surface area contributed by atoms with Crippen LogP contribution in [0.2, 0.25) is 0 Å². The van der Waals surface area contributed by atoms with Gasteiger partial charge in [0.15, 0.2) is 0 Å².